The van der Waals surface area contributed by atoms with Gasteiger partial charge in [0.2, 0.25) is 0 Å². The Morgan fingerprint density at radius 2 is 1.90 bits per heavy atom. The molecule has 0 bridgehead atoms. The van der Waals surface area contributed by atoms with Crippen LogP contribution in [-0.4, -0.2) is 16.2 Å². The summed E-state index contributed by atoms with van der Waals surface area (Å²) in [6, 6.07) is 9.29. The Bertz CT molecular complexity index is 716. The third kappa shape index (κ3) is 1.78. The normalized spacial score (nSPS) is 15.8. The first-order valence-corrected chi connectivity index (χ1v) is 6.64. The van der Waals surface area contributed by atoms with Gasteiger partial charge in [-0.1, -0.05) is 18.2 Å². The fourth-order valence-electron chi connectivity index (χ4n) is 3.11. The first-order valence-electron chi connectivity index (χ1n) is 6.64. The van der Waals surface area contributed by atoms with Gasteiger partial charge in [-0.2, -0.15) is 0 Å². The quantitative estimate of drug-likeness (QED) is 0.875. The Balaban J connectivity index is 2.29. The summed E-state index contributed by atoms with van der Waals surface area (Å²) < 4.78 is 0. The molecule has 0 aromatic heterocycles. The molecular formula is C17H16O3. The minimum Gasteiger partial charge on any atom is -0.508 e. The number of carbonyl (C=O) groups is 1. The lowest BCUT2D eigenvalue weighted by molar-refractivity contribution is -0.137. The fraction of sp³-hybridized carbons (Fsp3) is 0.235. The number of hydrogen-bond donors (Lipinski definition) is 2. The van der Waals surface area contributed by atoms with Crippen molar-refractivity contribution >= 4 is 5.97 Å². The number of aryl methyl sites for hydroxylation is 1. The molecule has 0 spiro atoms. The van der Waals surface area contributed by atoms with Gasteiger partial charge < -0.3 is 10.2 Å². The molecule has 0 radical (unpaired) electrons. The second kappa shape index (κ2) is 4.37. The smallest absolute Gasteiger partial charge is 0.304 e. The number of benzene rings is 2. The van der Waals surface area contributed by atoms with Crippen molar-refractivity contribution in [2.75, 3.05) is 0 Å². The van der Waals surface area contributed by atoms with Crippen molar-refractivity contribution in [2.24, 2.45) is 0 Å². The molecule has 0 heterocycles. The number of rotatable bonds is 2. The molecule has 0 saturated heterocycles. The van der Waals surface area contributed by atoms with E-state index in [1.54, 1.807) is 12.1 Å². The summed E-state index contributed by atoms with van der Waals surface area (Å²) in [6.07, 6.45) is 0.0476. The summed E-state index contributed by atoms with van der Waals surface area (Å²) in [5.41, 5.74) is 6.52. The van der Waals surface area contributed by atoms with E-state index in [4.69, 9.17) is 5.11 Å². The number of carboxylic acids is 1. The van der Waals surface area contributed by atoms with Crippen LogP contribution < -0.4 is 0 Å². The summed E-state index contributed by atoms with van der Waals surface area (Å²) in [6.45, 7) is 4.12. The molecule has 2 aromatic carbocycles. The monoisotopic (exact) mass is 268 g/mol. The Kier molecular flexibility index (Phi) is 2.78. The molecule has 20 heavy (non-hydrogen) atoms. The molecule has 0 aliphatic heterocycles. The number of aliphatic carboxylic acids is 1. The first kappa shape index (κ1) is 12.7. The molecule has 102 valence electrons. The van der Waals surface area contributed by atoms with E-state index < -0.39 is 5.97 Å². The van der Waals surface area contributed by atoms with E-state index >= 15 is 0 Å². The third-order valence-electron chi connectivity index (χ3n) is 4.20. The van der Waals surface area contributed by atoms with E-state index in [1.165, 1.54) is 11.1 Å². The summed E-state index contributed by atoms with van der Waals surface area (Å²) >= 11 is 0. The zero-order chi connectivity index (χ0) is 14.4. The highest BCUT2D eigenvalue weighted by Crippen LogP contribution is 2.49. The largest absolute Gasteiger partial charge is 0.508 e. The molecule has 3 heteroatoms. The molecule has 2 aromatic rings. The van der Waals surface area contributed by atoms with Crippen LogP contribution in [0.4, 0.5) is 0 Å². The fourth-order valence-corrected chi connectivity index (χ4v) is 3.11. The third-order valence-corrected chi connectivity index (χ3v) is 4.20. The highest BCUT2D eigenvalue weighted by molar-refractivity contribution is 5.84. The maximum absolute atomic E-state index is 11.1. The Labute approximate surface area is 117 Å². The summed E-state index contributed by atoms with van der Waals surface area (Å²) in [5, 5.41) is 18.9. The highest BCUT2D eigenvalue weighted by atomic mass is 16.4. The summed E-state index contributed by atoms with van der Waals surface area (Å²) in [5.74, 6) is -0.819. The van der Waals surface area contributed by atoms with E-state index in [0.29, 0.717) is 0 Å². The van der Waals surface area contributed by atoms with Crippen molar-refractivity contribution in [3.8, 4) is 16.9 Å². The molecule has 1 atom stereocenters. The number of aromatic hydroxyl groups is 1. The molecule has 0 amide bonds. The van der Waals surface area contributed by atoms with Gasteiger partial charge in [0.1, 0.15) is 5.75 Å². The second-order valence-corrected chi connectivity index (χ2v) is 5.39. The van der Waals surface area contributed by atoms with Crippen LogP contribution in [0.5, 0.6) is 5.75 Å². The molecule has 3 rings (SSSR count). The molecule has 3 nitrogen and oxygen atoms in total. The van der Waals surface area contributed by atoms with Crippen LogP contribution in [0.25, 0.3) is 11.1 Å². The van der Waals surface area contributed by atoms with Crippen LogP contribution in [0.15, 0.2) is 30.3 Å². The molecule has 1 unspecified atom stereocenters. The van der Waals surface area contributed by atoms with Crippen LogP contribution >= 0.6 is 0 Å². The Morgan fingerprint density at radius 3 is 2.60 bits per heavy atom. The second-order valence-electron chi connectivity index (χ2n) is 5.39. The molecule has 2 N–H and O–H groups in total. The zero-order valence-electron chi connectivity index (χ0n) is 11.5. The number of carboxylic acid groups (broad SMARTS) is 1. The van der Waals surface area contributed by atoms with Crippen molar-refractivity contribution in [1.29, 1.82) is 0 Å². The lowest BCUT2D eigenvalue weighted by Crippen LogP contribution is -2.05. The van der Waals surface area contributed by atoms with Gasteiger partial charge in [0, 0.05) is 5.92 Å². The topological polar surface area (TPSA) is 57.5 Å². The maximum Gasteiger partial charge on any atom is 0.304 e. The van der Waals surface area contributed by atoms with Crippen molar-refractivity contribution in [2.45, 2.75) is 26.2 Å². The Morgan fingerprint density at radius 1 is 1.15 bits per heavy atom. The predicted molar refractivity (Wildman–Crippen MR) is 77.1 cm³/mol. The van der Waals surface area contributed by atoms with Gasteiger partial charge >= 0.3 is 5.97 Å². The van der Waals surface area contributed by atoms with Gasteiger partial charge in [0.25, 0.3) is 0 Å². The molecule has 1 aliphatic rings. The van der Waals surface area contributed by atoms with Crippen LogP contribution in [0.1, 0.15) is 34.6 Å². The number of hydrogen-bond acceptors (Lipinski definition) is 2. The summed E-state index contributed by atoms with van der Waals surface area (Å²) in [7, 11) is 0. The van der Waals surface area contributed by atoms with Crippen LogP contribution in [-0.2, 0) is 4.79 Å². The zero-order valence-corrected chi connectivity index (χ0v) is 11.5. The predicted octanol–water partition coefficient (Wildman–Crippen LogP) is 3.60. The Hall–Kier alpha value is -2.29. The van der Waals surface area contributed by atoms with Crippen LogP contribution in [0, 0.1) is 13.8 Å². The van der Waals surface area contributed by atoms with Gasteiger partial charge in [-0.25, -0.2) is 0 Å². The van der Waals surface area contributed by atoms with Crippen molar-refractivity contribution < 1.29 is 15.0 Å². The molecule has 0 fully saturated rings. The number of phenols is 1. The van der Waals surface area contributed by atoms with Crippen LogP contribution in [0.2, 0.25) is 0 Å². The molecular weight excluding hydrogens is 252 g/mol. The van der Waals surface area contributed by atoms with Crippen molar-refractivity contribution in [3.05, 3.63) is 52.6 Å². The summed E-state index contributed by atoms with van der Waals surface area (Å²) in [4.78, 5) is 11.1. The lowest BCUT2D eigenvalue weighted by atomic mass is 9.92. The minimum absolute atomic E-state index is 0.0476. The van der Waals surface area contributed by atoms with Gasteiger partial charge in [-0.15, -0.1) is 0 Å². The standard InChI is InChI=1S/C17H16O3/c1-9-3-5-12-15(8-16(19)20)14-7-11(18)4-6-13(14)17(12)10(9)2/h3-7,15,18H,8H2,1-2H3,(H,19,20). The van der Waals surface area contributed by atoms with E-state index in [1.807, 2.05) is 18.2 Å². The molecule has 0 saturated carbocycles. The van der Waals surface area contributed by atoms with Gasteiger partial charge in [0.05, 0.1) is 6.42 Å². The maximum atomic E-state index is 11.1. The molecule has 1 aliphatic carbocycles. The average molecular weight is 268 g/mol. The average Bonchev–Trinajstić information content (AvgIpc) is 2.68. The van der Waals surface area contributed by atoms with E-state index in [2.05, 4.69) is 13.8 Å². The van der Waals surface area contributed by atoms with Crippen molar-refractivity contribution in [1.82, 2.24) is 0 Å². The highest BCUT2D eigenvalue weighted by Gasteiger charge is 2.31. The number of phenolic OH excluding ortho intramolecular Hbond substituents is 1. The SMILES string of the molecule is Cc1ccc2c(c1C)-c1ccc(O)cc1C2CC(=O)O. The minimum atomic E-state index is -0.824. The van der Waals surface area contributed by atoms with E-state index in [0.717, 1.165) is 22.3 Å². The van der Waals surface area contributed by atoms with Crippen LogP contribution in [0.3, 0.4) is 0 Å². The first-order chi connectivity index (χ1) is 9.49. The number of fused-ring (bicyclic) bond motifs is 3. The van der Waals surface area contributed by atoms with Gasteiger partial charge in [-0.3, -0.25) is 4.79 Å². The lowest BCUT2D eigenvalue weighted by Gasteiger charge is -2.12. The van der Waals surface area contributed by atoms with E-state index in [9.17, 15) is 9.90 Å². The van der Waals surface area contributed by atoms with Gasteiger partial charge in [-0.05, 0) is 59.4 Å². The van der Waals surface area contributed by atoms with Gasteiger partial charge in [0.15, 0.2) is 0 Å². The van der Waals surface area contributed by atoms with Crippen molar-refractivity contribution in [3.63, 3.8) is 0 Å². The van der Waals surface area contributed by atoms with E-state index in [-0.39, 0.29) is 18.1 Å².